The molecule has 0 unspecified atom stereocenters. The molecule has 0 saturated carbocycles. The zero-order valence-corrected chi connectivity index (χ0v) is 26.3. The third-order valence-electron chi connectivity index (χ3n) is 7.12. The number of ether oxygens (including phenoxy) is 1. The van der Waals surface area contributed by atoms with Gasteiger partial charge in [0.2, 0.25) is 5.91 Å². The van der Waals surface area contributed by atoms with E-state index in [2.05, 4.69) is 74.4 Å². The van der Waals surface area contributed by atoms with E-state index in [4.69, 9.17) is 10.5 Å². The fraction of sp³-hybridized carbons (Fsp3) is 0.559. The molecule has 0 aromatic heterocycles. The molecule has 4 nitrogen and oxygen atoms in total. The second-order valence-corrected chi connectivity index (χ2v) is 10.8. The Labute approximate surface area is 243 Å². The maximum atomic E-state index is 11.9. The molecular weight excluding hydrogens is 500 g/mol. The number of aryl methyl sites for hydroxylation is 1. The van der Waals surface area contributed by atoms with E-state index < -0.39 is 5.91 Å². The maximum absolute atomic E-state index is 11.9. The van der Waals surface area contributed by atoms with Gasteiger partial charge < -0.3 is 15.4 Å². The number of hydrogen-bond donors (Lipinski definition) is 1. The summed E-state index contributed by atoms with van der Waals surface area (Å²) in [4.78, 5) is 14.3. The van der Waals surface area contributed by atoms with Crippen LogP contribution in [0.3, 0.4) is 0 Å². The average Bonchev–Trinajstić information content (AvgIpc) is 2.96. The number of thioether (sulfide) groups is 1. The maximum Gasteiger partial charge on any atom is 0.248 e. The van der Waals surface area contributed by atoms with Crippen LogP contribution in [0, 0.1) is 11.8 Å². The lowest BCUT2D eigenvalue weighted by Crippen LogP contribution is -2.28. The van der Waals surface area contributed by atoms with Gasteiger partial charge in [0.05, 0.1) is 12.3 Å². The van der Waals surface area contributed by atoms with Crippen LogP contribution in [0.15, 0.2) is 60.7 Å². The van der Waals surface area contributed by atoms with Gasteiger partial charge in [-0.2, -0.15) is 11.8 Å². The Morgan fingerprint density at radius 2 is 1.82 bits per heavy atom. The van der Waals surface area contributed by atoms with Gasteiger partial charge in [-0.25, -0.2) is 0 Å². The highest BCUT2D eigenvalue weighted by atomic mass is 32.2. The minimum Gasteiger partial charge on any atom is -0.491 e. The first kappa shape index (κ1) is 34.6. The molecule has 0 aliphatic rings. The lowest BCUT2D eigenvalue weighted by Gasteiger charge is -2.29. The normalized spacial score (nSPS) is 12.5. The van der Waals surface area contributed by atoms with Crippen molar-refractivity contribution in [3.8, 4) is 5.75 Å². The van der Waals surface area contributed by atoms with Crippen molar-refractivity contribution in [2.45, 2.75) is 79.6 Å². The molecule has 218 valence electrons. The summed E-state index contributed by atoms with van der Waals surface area (Å²) < 4.78 is 6.25. The number of allylic oxidation sites excluding steroid dienone is 2. The lowest BCUT2D eigenvalue weighted by molar-refractivity contribution is 0.1000. The van der Waals surface area contributed by atoms with Crippen LogP contribution in [0.1, 0.15) is 89.1 Å². The van der Waals surface area contributed by atoms with Crippen molar-refractivity contribution in [2.75, 3.05) is 36.6 Å². The van der Waals surface area contributed by atoms with E-state index in [0.717, 1.165) is 63.1 Å². The smallest absolute Gasteiger partial charge is 0.248 e. The second-order valence-electron chi connectivity index (χ2n) is 9.80. The molecule has 39 heavy (non-hydrogen) atoms. The zero-order valence-electron chi connectivity index (χ0n) is 25.5. The predicted molar refractivity (Wildman–Crippen MR) is 173 cm³/mol. The molecule has 0 aliphatic heterocycles. The van der Waals surface area contributed by atoms with Gasteiger partial charge in [-0.15, -0.1) is 0 Å². The average molecular weight is 555 g/mol. The van der Waals surface area contributed by atoms with Gasteiger partial charge in [-0.05, 0) is 93.1 Å². The Hall–Kier alpha value is -2.40. The largest absolute Gasteiger partial charge is 0.491 e. The van der Waals surface area contributed by atoms with Crippen molar-refractivity contribution in [3.05, 3.63) is 71.8 Å². The van der Waals surface area contributed by atoms with E-state index in [-0.39, 0.29) is 0 Å². The molecule has 0 saturated heterocycles. The van der Waals surface area contributed by atoms with E-state index in [1.165, 1.54) is 17.7 Å². The molecular formula is C34H54N2O2S. The summed E-state index contributed by atoms with van der Waals surface area (Å²) in [6.07, 6.45) is 14.7. The van der Waals surface area contributed by atoms with E-state index >= 15 is 0 Å². The van der Waals surface area contributed by atoms with E-state index in [1.54, 1.807) is 6.07 Å². The van der Waals surface area contributed by atoms with Crippen LogP contribution in [-0.2, 0) is 6.42 Å². The molecule has 0 spiro atoms. The van der Waals surface area contributed by atoms with E-state index in [1.807, 2.05) is 37.7 Å². The van der Waals surface area contributed by atoms with Crippen LogP contribution in [0.2, 0.25) is 0 Å². The number of hydrogen-bond acceptors (Lipinski definition) is 4. The molecule has 1 amide bonds. The van der Waals surface area contributed by atoms with Crippen molar-refractivity contribution in [1.29, 1.82) is 0 Å². The molecule has 2 N–H and O–H groups in total. The molecule has 0 radical (unpaired) electrons. The Bertz CT molecular complexity index is 932. The Morgan fingerprint density at radius 3 is 2.46 bits per heavy atom. The van der Waals surface area contributed by atoms with E-state index in [0.29, 0.717) is 24.0 Å². The van der Waals surface area contributed by atoms with Gasteiger partial charge in [-0.3, -0.25) is 4.79 Å². The van der Waals surface area contributed by atoms with Crippen LogP contribution in [0.5, 0.6) is 5.75 Å². The SMILES string of the molecule is CC.CC[C@H](CCN(CC)c1cc(C(N)=O)ccc1OCCCCc1ccccc1)[C@@H](C)/C=C/CCCSC. The first-order valence-corrected chi connectivity index (χ1v) is 16.4. The van der Waals surface area contributed by atoms with Crippen LogP contribution < -0.4 is 15.4 Å². The molecule has 2 aromatic rings. The molecule has 2 aromatic carbocycles. The summed E-state index contributed by atoms with van der Waals surface area (Å²) >= 11 is 1.91. The van der Waals surface area contributed by atoms with Gasteiger partial charge in [0.1, 0.15) is 5.75 Å². The first-order valence-electron chi connectivity index (χ1n) is 15.0. The summed E-state index contributed by atoms with van der Waals surface area (Å²) in [6, 6.07) is 16.2. The molecule has 0 heterocycles. The number of carbonyl (C=O) groups excluding carboxylic acids is 1. The van der Waals surface area contributed by atoms with Crippen molar-refractivity contribution in [3.63, 3.8) is 0 Å². The van der Waals surface area contributed by atoms with E-state index in [9.17, 15) is 4.79 Å². The fourth-order valence-corrected chi connectivity index (χ4v) is 5.18. The Morgan fingerprint density at radius 1 is 1.08 bits per heavy atom. The highest BCUT2D eigenvalue weighted by Crippen LogP contribution is 2.31. The third-order valence-corrected chi connectivity index (χ3v) is 7.82. The highest BCUT2D eigenvalue weighted by molar-refractivity contribution is 7.98. The second kappa shape index (κ2) is 21.4. The molecule has 2 atom stereocenters. The van der Waals surface area contributed by atoms with Crippen LogP contribution >= 0.6 is 11.8 Å². The number of amides is 1. The fourth-order valence-electron chi connectivity index (χ4n) is 4.72. The lowest BCUT2D eigenvalue weighted by atomic mass is 9.88. The number of benzene rings is 2. The minimum atomic E-state index is -0.404. The van der Waals surface area contributed by atoms with Crippen molar-refractivity contribution in [2.24, 2.45) is 17.6 Å². The Kier molecular flexibility index (Phi) is 19.0. The van der Waals surface area contributed by atoms with Gasteiger partial charge in [0.15, 0.2) is 0 Å². The third kappa shape index (κ3) is 13.5. The molecule has 0 bridgehead atoms. The number of nitrogens with zero attached hydrogens (tertiary/aromatic N) is 1. The molecule has 5 heteroatoms. The number of anilines is 1. The van der Waals surface area contributed by atoms with Crippen molar-refractivity contribution in [1.82, 2.24) is 0 Å². The Balaban J connectivity index is 0.00000371. The van der Waals surface area contributed by atoms with Crippen molar-refractivity contribution >= 4 is 23.4 Å². The standard InChI is InChI=1S/C32H48N2O2S.C2H6/c1-5-28(26(3)15-9-8-14-24-37-4)21-22-34(6-2)30-25-29(32(33)35)19-20-31(30)36-23-13-12-18-27-16-10-7-11-17-27;1-2/h7,9-11,15-17,19-20,25-26,28H,5-6,8,12-14,18,21-24H2,1-4H3,(H2,33,35);1-2H3/b15-9+;/t26-,28+;/m0./s1. The molecule has 0 fully saturated rings. The molecule has 0 aliphatic carbocycles. The summed E-state index contributed by atoms with van der Waals surface area (Å²) in [7, 11) is 0. The first-order chi connectivity index (χ1) is 19.0. The van der Waals surface area contributed by atoms with Gasteiger partial charge in [-0.1, -0.05) is 76.6 Å². The van der Waals surface area contributed by atoms with Crippen LogP contribution in [-0.4, -0.2) is 37.6 Å². The number of unbranched alkanes of at least 4 members (excludes halogenated alkanes) is 2. The number of carbonyl (C=O) groups is 1. The summed E-state index contributed by atoms with van der Waals surface area (Å²) in [5, 5.41) is 0. The summed E-state index contributed by atoms with van der Waals surface area (Å²) in [5.74, 6) is 2.82. The number of nitrogens with two attached hydrogens (primary N) is 1. The monoisotopic (exact) mass is 554 g/mol. The van der Waals surface area contributed by atoms with Crippen LogP contribution in [0.25, 0.3) is 0 Å². The number of primary amides is 1. The van der Waals surface area contributed by atoms with Gasteiger partial charge in [0.25, 0.3) is 0 Å². The zero-order chi connectivity index (χ0) is 28.9. The van der Waals surface area contributed by atoms with Crippen LogP contribution in [0.4, 0.5) is 5.69 Å². The molecule has 2 rings (SSSR count). The van der Waals surface area contributed by atoms with Gasteiger partial charge >= 0.3 is 0 Å². The topological polar surface area (TPSA) is 55.6 Å². The predicted octanol–water partition coefficient (Wildman–Crippen LogP) is 8.79. The van der Waals surface area contributed by atoms with Crippen molar-refractivity contribution < 1.29 is 9.53 Å². The summed E-state index contributed by atoms with van der Waals surface area (Å²) in [6.45, 7) is 13.2. The van der Waals surface area contributed by atoms with Gasteiger partial charge in [0, 0.05) is 18.7 Å². The minimum absolute atomic E-state index is 0.404. The highest BCUT2D eigenvalue weighted by Gasteiger charge is 2.18. The summed E-state index contributed by atoms with van der Waals surface area (Å²) in [5.41, 5.74) is 8.48. The number of rotatable bonds is 19. The quantitative estimate of drug-likeness (QED) is 0.139.